The summed E-state index contributed by atoms with van der Waals surface area (Å²) in [6.07, 6.45) is 3.52. The van der Waals surface area contributed by atoms with E-state index in [1.54, 1.807) is 48.7 Å². The number of methoxy groups -OCH3 is 3. The first-order chi connectivity index (χ1) is 19.7. The molecule has 1 aromatic heterocycles. The van der Waals surface area contributed by atoms with Crippen LogP contribution in [0.15, 0.2) is 60.0 Å². The molecule has 0 spiro atoms. The summed E-state index contributed by atoms with van der Waals surface area (Å²) in [5.74, 6) is 0.702. The summed E-state index contributed by atoms with van der Waals surface area (Å²) in [5, 5.41) is 12.9. The van der Waals surface area contributed by atoms with Crippen LogP contribution >= 0.6 is 11.3 Å². The molecule has 1 heterocycles. The van der Waals surface area contributed by atoms with Gasteiger partial charge in [0.25, 0.3) is 5.69 Å². The Morgan fingerprint density at radius 1 is 0.976 bits per heavy atom. The maximum Gasteiger partial charge on any atom is 0.269 e. The van der Waals surface area contributed by atoms with E-state index in [-0.39, 0.29) is 37.2 Å². The third-order valence-electron chi connectivity index (χ3n) is 6.50. The van der Waals surface area contributed by atoms with Crippen molar-refractivity contribution in [1.82, 2.24) is 9.80 Å². The van der Waals surface area contributed by atoms with Crippen molar-refractivity contribution < 1.29 is 28.7 Å². The Labute approximate surface area is 243 Å². The lowest BCUT2D eigenvalue weighted by atomic mass is 10.1. The number of benzene rings is 2. The number of carbonyl (C=O) groups is 2. The van der Waals surface area contributed by atoms with Gasteiger partial charge in [-0.25, -0.2) is 0 Å². The van der Waals surface area contributed by atoms with E-state index in [1.807, 2.05) is 36.6 Å². The molecule has 11 heteroatoms. The lowest BCUT2D eigenvalue weighted by molar-refractivity contribution is -0.384. The number of non-ortho nitro benzene ring substituents is 1. The molecular weight excluding hydrogens is 546 g/mol. The highest BCUT2D eigenvalue weighted by atomic mass is 32.1. The molecule has 0 fully saturated rings. The van der Waals surface area contributed by atoms with Crippen molar-refractivity contribution in [2.75, 3.05) is 47.6 Å². The molecule has 218 valence electrons. The number of hydrogen-bond acceptors (Lipinski definition) is 8. The summed E-state index contributed by atoms with van der Waals surface area (Å²) in [7, 11) is 4.70. The fourth-order valence-corrected chi connectivity index (χ4v) is 4.96. The van der Waals surface area contributed by atoms with E-state index in [1.165, 1.54) is 30.2 Å². The van der Waals surface area contributed by atoms with E-state index in [2.05, 4.69) is 0 Å². The van der Waals surface area contributed by atoms with Crippen LogP contribution in [0.25, 0.3) is 6.08 Å². The number of nitro benzene ring substituents is 1. The van der Waals surface area contributed by atoms with Gasteiger partial charge in [-0.15, -0.1) is 11.3 Å². The van der Waals surface area contributed by atoms with Crippen LogP contribution in [0, 0.1) is 17.0 Å². The molecular formula is C30H35N3O7S. The normalized spacial score (nSPS) is 10.9. The number of aryl methyl sites for hydroxylation is 1. The second-order valence-corrected chi connectivity index (χ2v) is 10.2. The van der Waals surface area contributed by atoms with E-state index in [0.29, 0.717) is 36.6 Å². The van der Waals surface area contributed by atoms with Gasteiger partial charge in [-0.3, -0.25) is 19.7 Å². The Kier molecular flexibility index (Phi) is 11.9. The Morgan fingerprint density at radius 2 is 1.71 bits per heavy atom. The van der Waals surface area contributed by atoms with E-state index in [0.717, 1.165) is 16.0 Å². The number of hydrogen-bond donors (Lipinski definition) is 0. The number of carbonyl (C=O) groups excluding carboxylic acids is 2. The zero-order valence-electron chi connectivity index (χ0n) is 23.7. The lowest BCUT2D eigenvalue weighted by Crippen LogP contribution is -2.44. The third kappa shape index (κ3) is 9.16. The molecule has 0 saturated carbocycles. The second kappa shape index (κ2) is 15.5. The molecule has 3 rings (SSSR count). The van der Waals surface area contributed by atoms with Crippen LogP contribution in [0.5, 0.6) is 11.5 Å². The van der Waals surface area contributed by atoms with Gasteiger partial charge in [-0.2, -0.15) is 0 Å². The molecule has 10 nitrogen and oxygen atoms in total. The van der Waals surface area contributed by atoms with Crippen LogP contribution in [0.1, 0.15) is 21.6 Å². The molecule has 2 amide bonds. The highest BCUT2D eigenvalue weighted by molar-refractivity contribution is 7.10. The molecule has 0 aliphatic rings. The Morgan fingerprint density at radius 3 is 2.32 bits per heavy atom. The first kappa shape index (κ1) is 31.3. The van der Waals surface area contributed by atoms with Crippen LogP contribution in [-0.4, -0.2) is 74.1 Å². The van der Waals surface area contributed by atoms with Gasteiger partial charge in [0.1, 0.15) is 6.54 Å². The van der Waals surface area contributed by atoms with Gasteiger partial charge in [0.15, 0.2) is 11.5 Å². The molecule has 0 radical (unpaired) electrons. The zero-order valence-corrected chi connectivity index (χ0v) is 24.5. The quantitative estimate of drug-likeness (QED) is 0.145. The third-order valence-corrected chi connectivity index (χ3v) is 7.51. The van der Waals surface area contributed by atoms with Crippen LogP contribution in [0.3, 0.4) is 0 Å². The van der Waals surface area contributed by atoms with Gasteiger partial charge in [-0.1, -0.05) is 6.07 Å². The van der Waals surface area contributed by atoms with E-state index in [9.17, 15) is 19.7 Å². The fraction of sp³-hybridized carbons (Fsp3) is 0.333. The molecule has 3 aromatic rings. The molecule has 0 unspecified atom stereocenters. The van der Waals surface area contributed by atoms with Crippen molar-refractivity contribution >= 4 is 34.9 Å². The molecule has 0 saturated heterocycles. The van der Waals surface area contributed by atoms with Crippen LogP contribution in [-0.2, 0) is 27.3 Å². The Balaban J connectivity index is 1.76. The van der Waals surface area contributed by atoms with Crippen molar-refractivity contribution in [2.45, 2.75) is 19.9 Å². The average Bonchev–Trinajstić information content (AvgIpc) is 3.39. The van der Waals surface area contributed by atoms with Gasteiger partial charge in [0.2, 0.25) is 11.8 Å². The number of nitrogens with zero attached hydrogens (tertiary/aromatic N) is 3. The highest BCUT2D eigenvalue weighted by Crippen LogP contribution is 2.28. The van der Waals surface area contributed by atoms with Crippen LogP contribution in [0.4, 0.5) is 5.69 Å². The highest BCUT2D eigenvalue weighted by Gasteiger charge is 2.21. The summed E-state index contributed by atoms with van der Waals surface area (Å²) in [4.78, 5) is 41.5. The summed E-state index contributed by atoms with van der Waals surface area (Å²) in [6, 6.07) is 13.6. The van der Waals surface area contributed by atoms with E-state index >= 15 is 0 Å². The molecule has 0 bridgehead atoms. The molecule has 41 heavy (non-hydrogen) atoms. The maximum atomic E-state index is 13.6. The SMILES string of the molecule is COCCN(CC(=O)N(CCc1ccc(OC)c(OC)c1)Cc1sccc1C)C(=O)/C=C/c1ccc([N+](=O)[O-])cc1. The van der Waals surface area contributed by atoms with Gasteiger partial charge < -0.3 is 24.0 Å². The minimum atomic E-state index is -0.481. The Hall–Kier alpha value is -4.22. The van der Waals surface area contributed by atoms with Crippen LogP contribution < -0.4 is 9.47 Å². The Bertz CT molecular complexity index is 1350. The van der Waals surface area contributed by atoms with Crippen molar-refractivity contribution in [2.24, 2.45) is 0 Å². The molecule has 0 aliphatic heterocycles. The number of rotatable bonds is 15. The molecule has 2 aromatic carbocycles. The number of thiophene rings is 1. The maximum absolute atomic E-state index is 13.6. The predicted octanol–water partition coefficient (Wildman–Crippen LogP) is 4.74. The first-order valence-corrected chi connectivity index (χ1v) is 13.9. The summed E-state index contributed by atoms with van der Waals surface area (Å²) >= 11 is 1.59. The molecule has 0 aliphatic carbocycles. The molecule has 0 N–H and O–H groups in total. The summed E-state index contributed by atoms with van der Waals surface area (Å²) < 4.78 is 15.9. The monoisotopic (exact) mass is 581 g/mol. The molecule has 0 atom stereocenters. The number of nitro groups is 1. The van der Waals surface area contributed by atoms with Gasteiger partial charge >= 0.3 is 0 Å². The van der Waals surface area contributed by atoms with Crippen LogP contribution in [0.2, 0.25) is 0 Å². The summed E-state index contributed by atoms with van der Waals surface area (Å²) in [6.45, 7) is 3.26. The van der Waals surface area contributed by atoms with Gasteiger partial charge in [0, 0.05) is 43.3 Å². The number of ether oxygens (including phenoxy) is 3. The van der Waals surface area contributed by atoms with Crippen molar-refractivity contribution in [1.29, 1.82) is 0 Å². The van der Waals surface area contributed by atoms with Gasteiger partial charge in [0.05, 0.1) is 32.3 Å². The zero-order chi connectivity index (χ0) is 29.8. The lowest BCUT2D eigenvalue weighted by Gasteiger charge is -2.27. The van der Waals surface area contributed by atoms with Crippen molar-refractivity contribution in [3.05, 3.63) is 91.7 Å². The fourth-order valence-electron chi connectivity index (χ4n) is 4.04. The van der Waals surface area contributed by atoms with Gasteiger partial charge in [-0.05, 0) is 71.8 Å². The second-order valence-electron chi connectivity index (χ2n) is 9.22. The average molecular weight is 582 g/mol. The van der Waals surface area contributed by atoms with Crippen molar-refractivity contribution in [3.8, 4) is 11.5 Å². The first-order valence-electron chi connectivity index (χ1n) is 13.0. The van der Waals surface area contributed by atoms with E-state index < -0.39 is 4.92 Å². The minimum Gasteiger partial charge on any atom is -0.493 e. The summed E-state index contributed by atoms with van der Waals surface area (Å²) in [5.41, 5.74) is 2.69. The smallest absolute Gasteiger partial charge is 0.269 e. The number of amides is 2. The minimum absolute atomic E-state index is 0.0325. The van der Waals surface area contributed by atoms with Crippen molar-refractivity contribution in [3.63, 3.8) is 0 Å². The largest absolute Gasteiger partial charge is 0.493 e. The van der Waals surface area contributed by atoms with E-state index in [4.69, 9.17) is 14.2 Å². The predicted molar refractivity (Wildman–Crippen MR) is 158 cm³/mol. The topological polar surface area (TPSA) is 111 Å². The standard InChI is InChI=1S/C30H35N3O7S/c1-22-14-18-41-28(22)20-31(15-13-24-7-11-26(39-3)27(19-24)40-4)30(35)21-32(16-17-38-2)29(34)12-8-23-5-9-25(10-6-23)33(36)37/h5-12,14,18-19H,13,15-17,20-21H2,1-4H3/b12-8+.